The second-order valence-electron chi connectivity index (χ2n) is 7.06. The first-order valence-corrected chi connectivity index (χ1v) is 11.2. The van der Waals surface area contributed by atoms with E-state index in [4.69, 9.17) is 0 Å². The Morgan fingerprint density at radius 3 is 2.32 bits per heavy atom. The number of nitrogens with zero attached hydrogens (tertiary/aromatic N) is 2. The van der Waals surface area contributed by atoms with Gasteiger partial charge in [-0.05, 0) is 36.4 Å². The zero-order valence-corrected chi connectivity index (χ0v) is 19.7. The second kappa shape index (κ2) is 11.5. The van der Waals surface area contributed by atoms with Crippen LogP contribution in [-0.2, 0) is 16.4 Å². The number of ether oxygens (including phenoxy) is 1. The minimum atomic E-state index is -5.80. The summed E-state index contributed by atoms with van der Waals surface area (Å²) in [6.45, 7) is -3.10. The number of nitro benzene ring substituents is 1. The van der Waals surface area contributed by atoms with E-state index in [1.54, 1.807) is 6.07 Å². The van der Waals surface area contributed by atoms with E-state index in [2.05, 4.69) is 10.1 Å². The number of aromatic nitrogens is 1. The molecule has 1 N–H and O–H groups in total. The van der Waals surface area contributed by atoms with Gasteiger partial charge in [0.15, 0.2) is 12.4 Å². The first-order valence-electron chi connectivity index (χ1n) is 9.73. The van der Waals surface area contributed by atoms with Gasteiger partial charge in [0.25, 0.3) is 21.4 Å². The molecule has 1 heterocycles. The van der Waals surface area contributed by atoms with Crippen LogP contribution in [0, 0.1) is 10.1 Å². The van der Waals surface area contributed by atoms with Crippen LogP contribution in [0.25, 0.3) is 5.69 Å². The molecular formula is C21H15ClF5N3O6S. The smallest absolute Gasteiger partial charge is 0.501 e. The highest BCUT2D eigenvalue weighted by Crippen LogP contribution is 2.33. The highest BCUT2D eigenvalue weighted by atomic mass is 35.5. The molecule has 3 rings (SSSR count). The van der Waals surface area contributed by atoms with Gasteiger partial charge in [-0.15, -0.1) is 0 Å². The Morgan fingerprint density at radius 1 is 1.11 bits per heavy atom. The van der Waals surface area contributed by atoms with E-state index in [-0.39, 0.29) is 36.0 Å². The SMILES string of the molecule is O=C(NCc1ccc[n+](-c2ccc(S(=O)(=O)C(F)(F)F)cc2[N+](=O)[O-])c1)c1ccc(OC(F)F)cc1.[Cl-]. The number of hydrogen-bond donors (Lipinski definition) is 1. The summed E-state index contributed by atoms with van der Waals surface area (Å²) < 4.78 is 91.6. The van der Waals surface area contributed by atoms with E-state index in [1.165, 1.54) is 47.3 Å². The third-order valence-electron chi connectivity index (χ3n) is 4.69. The van der Waals surface area contributed by atoms with Crippen molar-refractivity contribution in [3.8, 4) is 11.4 Å². The topological polar surface area (TPSA) is 119 Å². The predicted molar refractivity (Wildman–Crippen MR) is 112 cm³/mol. The zero-order valence-electron chi connectivity index (χ0n) is 18.2. The van der Waals surface area contributed by atoms with Gasteiger partial charge in [0.1, 0.15) is 5.75 Å². The quantitative estimate of drug-likeness (QED) is 0.185. The van der Waals surface area contributed by atoms with Crippen LogP contribution in [0.1, 0.15) is 15.9 Å². The normalized spacial score (nSPS) is 11.5. The maximum absolute atomic E-state index is 12.8. The maximum Gasteiger partial charge on any atom is 0.501 e. The van der Waals surface area contributed by atoms with Crippen molar-refractivity contribution in [2.45, 2.75) is 23.6 Å². The Kier molecular flexibility index (Phi) is 9.11. The standard InChI is InChI=1S/C21H14F5N3O6S.ClH/c22-20(23)35-15-5-3-14(4-6-15)19(30)27-11-13-2-1-9-28(12-13)17-8-7-16(10-18(17)29(31)32)36(33,34)21(24,25)26;/h1-10,12,20H,11H2;1H. The van der Waals surface area contributed by atoms with Gasteiger partial charge >= 0.3 is 17.8 Å². The molecule has 0 aliphatic rings. The summed E-state index contributed by atoms with van der Waals surface area (Å²) in [4.78, 5) is 21.5. The zero-order chi connectivity index (χ0) is 26.7. The number of nitrogens with one attached hydrogen (secondary N) is 1. The van der Waals surface area contributed by atoms with Crippen molar-refractivity contribution in [1.29, 1.82) is 0 Å². The van der Waals surface area contributed by atoms with Gasteiger partial charge in [-0.1, -0.05) is 0 Å². The highest BCUT2D eigenvalue weighted by Gasteiger charge is 2.47. The Labute approximate surface area is 212 Å². The molecule has 0 atom stereocenters. The van der Waals surface area contributed by atoms with Crippen molar-refractivity contribution < 1.29 is 61.8 Å². The molecule has 16 heteroatoms. The van der Waals surface area contributed by atoms with E-state index in [1.807, 2.05) is 0 Å². The van der Waals surface area contributed by atoms with E-state index >= 15 is 0 Å². The van der Waals surface area contributed by atoms with Crippen LogP contribution in [0.3, 0.4) is 0 Å². The van der Waals surface area contributed by atoms with Crippen molar-refractivity contribution in [2.75, 3.05) is 0 Å². The lowest BCUT2D eigenvalue weighted by Gasteiger charge is -2.08. The van der Waals surface area contributed by atoms with E-state index in [0.29, 0.717) is 17.7 Å². The van der Waals surface area contributed by atoms with Crippen molar-refractivity contribution in [3.05, 3.63) is 88.2 Å². The third-order valence-corrected chi connectivity index (χ3v) is 6.18. The molecule has 0 bridgehead atoms. The third kappa shape index (κ3) is 6.89. The lowest BCUT2D eigenvalue weighted by atomic mass is 10.2. The number of carbonyl (C=O) groups excluding carboxylic acids is 1. The minimum absolute atomic E-state index is 0. The summed E-state index contributed by atoms with van der Waals surface area (Å²) in [5.74, 6) is -0.706. The monoisotopic (exact) mass is 567 g/mol. The molecule has 9 nitrogen and oxygen atoms in total. The van der Waals surface area contributed by atoms with Crippen molar-refractivity contribution in [3.63, 3.8) is 0 Å². The summed E-state index contributed by atoms with van der Waals surface area (Å²) in [7, 11) is -5.80. The molecule has 3 aromatic rings. The van der Waals surface area contributed by atoms with Crippen LogP contribution >= 0.6 is 0 Å². The molecule has 0 unspecified atom stereocenters. The van der Waals surface area contributed by atoms with Gasteiger partial charge < -0.3 is 22.5 Å². The molecule has 198 valence electrons. The average molecular weight is 568 g/mol. The molecule has 0 fully saturated rings. The van der Waals surface area contributed by atoms with Crippen LogP contribution in [0.2, 0.25) is 0 Å². The van der Waals surface area contributed by atoms with Crippen LogP contribution in [-0.4, -0.2) is 31.4 Å². The van der Waals surface area contributed by atoms with Crippen LogP contribution < -0.4 is 27.0 Å². The fraction of sp³-hybridized carbons (Fsp3) is 0.143. The number of sulfone groups is 1. The first-order chi connectivity index (χ1) is 16.8. The highest BCUT2D eigenvalue weighted by molar-refractivity contribution is 7.92. The summed E-state index contributed by atoms with van der Waals surface area (Å²) in [6, 6.07) is 9.67. The van der Waals surface area contributed by atoms with E-state index < -0.39 is 43.4 Å². The summed E-state index contributed by atoms with van der Waals surface area (Å²) in [6.07, 6.45) is 2.69. The molecule has 0 saturated heterocycles. The Bertz CT molecular complexity index is 1400. The fourth-order valence-corrected chi connectivity index (χ4v) is 3.80. The summed E-state index contributed by atoms with van der Waals surface area (Å²) >= 11 is 0. The molecular weight excluding hydrogens is 553 g/mol. The fourth-order valence-electron chi connectivity index (χ4n) is 3.02. The number of benzene rings is 2. The Hall–Kier alpha value is -3.85. The van der Waals surface area contributed by atoms with Crippen molar-refractivity contribution in [2.24, 2.45) is 0 Å². The summed E-state index contributed by atoms with van der Waals surface area (Å²) in [5, 5.41) is 14.0. The van der Waals surface area contributed by atoms with Gasteiger partial charge in [0, 0.05) is 35.9 Å². The van der Waals surface area contributed by atoms with Crippen LogP contribution in [0.5, 0.6) is 5.75 Å². The van der Waals surface area contributed by atoms with Gasteiger partial charge in [-0.3, -0.25) is 14.9 Å². The summed E-state index contributed by atoms with van der Waals surface area (Å²) in [5.41, 5.74) is -6.19. The van der Waals surface area contributed by atoms with Crippen LogP contribution in [0.4, 0.5) is 27.6 Å². The van der Waals surface area contributed by atoms with Gasteiger partial charge in [0.2, 0.25) is 0 Å². The van der Waals surface area contributed by atoms with E-state index in [9.17, 15) is 45.3 Å². The Balaban J connectivity index is 0.00000481. The Morgan fingerprint density at radius 2 is 1.76 bits per heavy atom. The number of carbonyl (C=O) groups is 1. The molecule has 1 aromatic heterocycles. The molecule has 0 aliphatic carbocycles. The minimum Gasteiger partial charge on any atom is -1.00 e. The lowest BCUT2D eigenvalue weighted by Crippen LogP contribution is -3.00. The average Bonchev–Trinajstić information content (AvgIpc) is 2.81. The predicted octanol–water partition coefficient (Wildman–Crippen LogP) is 0.700. The molecule has 0 radical (unpaired) electrons. The van der Waals surface area contributed by atoms with Gasteiger partial charge in [-0.25, -0.2) is 8.42 Å². The number of pyridine rings is 1. The largest absolute Gasteiger partial charge is 1.00 e. The molecule has 2 aromatic carbocycles. The number of amides is 1. The van der Waals surface area contributed by atoms with Gasteiger partial charge in [-0.2, -0.15) is 26.5 Å². The van der Waals surface area contributed by atoms with E-state index in [0.717, 1.165) is 6.07 Å². The molecule has 37 heavy (non-hydrogen) atoms. The molecule has 1 amide bonds. The maximum atomic E-state index is 12.8. The van der Waals surface area contributed by atoms with Crippen LogP contribution in [0.15, 0.2) is 71.9 Å². The molecule has 0 spiro atoms. The number of hydrogen-bond acceptors (Lipinski definition) is 6. The number of rotatable bonds is 8. The number of nitro groups is 1. The first kappa shape index (κ1) is 29.4. The van der Waals surface area contributed by atoms with Crippen molar-refractivity contribution >= 4 is 21.4 Å². The molecule has 0 aliphatic heterocycles. The number of halogens is 6. The van der Waals surface area contributed by atoms with Crippen molar-refractivity contribution in [1.82, 2.24) is 5.32 Å². The number of alkyl halides is 5. The molecule has 0 saturated carbocycles. The lowest BCUT2D eigenvalue weighted by molar-refractivity contribution is -0.601. The van der Waals surface area contributed by atoms with Gasteiger partial charge in [0.05, 0.1) is 9.82 Å². The second-order valence-corrected chi connectivity index (χ2v) is 9.00.